The van der Waals surface area contributed by atoms with Crippen molar-refractivity contribution >= 4 is 34.4 Å². The monoisotopic (exact) mass is 426 g/mol. The fourth-order valence-electron chi connectivity index (χ4n) is 4.11. The minimum Gasteiger partial charge on any atom is -0.443 e. The molecular weight excluding hydrogens is 400 g/mol. The molecule has 1 atom stereocenters. The molecule has 7 heteroatoms. The summed E-state index contributed by atoms with van der Waals surface area (Å²) >= 11 is 6.21. The minimum absolute atomic E-state index is 0.0661. The zero-order valence-corrected chi connectivity index (χ0v) is 18.4. The largest absolute Gasteiger partial charge is 0.443 e. The minimum atomic E-state index is -0.0661. The van der Waals surface area contributed by atoms with Gasteiger partial charge in [0.1, 0.15) is 17.4 Å². The molecular formula is C23H27ClN4O2. The lowest BCUT2D eigenvalue weighted by Gasteiger charge is -2.33. The maximum absolute atomic E-state index is 12.8. The Balaban J connectivity index is 1.45. The second kappa shape index (κ2) is 8.64. The first-order chi connectivity index (χ1) is 14.4. The third-order valence-electron chi connectivity index (χ3n) is 5.86. The number of nitrogens with zero attached hydrogens (tertiary/aromatic N) is 3. The van der Waals surface area contributed by atoms with Crippen LogP contribution in [0.25, 0.3) is 11.1 Å². The molecule has 1 fully saturated rings. The van der Waals surface area contributed by atoms with Crippen LogP contribution in [0.4, 0.5) is 5.82 Å². The quantitative estimate of drug-likeness (QED) is 0.655. The van der Waals surface area contributed by atoms with Gasteiger partial charge in [-0.05, 0) is 51.7 Å². The van der Waals surface area contributed by atoms with Crippen LogP contribution in [0.3, 0.4) is 0 Å². The Morgan fingerprint density at radius 2 is 2.07 bits per heavy atom. The molecule has 0 aliphatic carbocycles. The molecule has 4 rings (SSSR count). The van der Waals surface area contributed by atoms with Gasteiger partial charge >= 0.3 is 0 Å². The van der Waals surface area contributed by atoms with Crippen LogP contribution < -0.4 is 10.2 Å². The predicted octanol–water partition coefficient (Wildman–Crippen LogP) is 4.38. The van der Waals surface area contributed by atoms with Crippen LogP contribution in [0.15, 0.2) is 28.7 Å². The number of aromatic nitrogens is 2. The lowest BCUT2D eigenvalue weighted by atomic mass is 9.96. The van der Waals surface area contributed by atoms with E-state index < -0.39 is 0 Å². The molecule has 1 aromatic carbocycles. The van der Waals surface area contributed by atoms with Gasteiger partial charge in [-0.1, -0.05) is 29.8 Å². The van der Waals surface area contributed by atoms with Gasteiger partial charge in [-0.25, -0.2) is 4.98 Å². The maximum Gasteiger partial charge on any atom is 0.231 e. The van der Waals surface area contributed by atoms with Crippen molar-refractivity contribution in [3.63, 3.8) is 0 Å². The first-order valence-electron chi connectivity index (χ1n) is 10.4. The molecule has 6 nitrogen and oxygen atoms in total. The number of fused-ring (bicyclic) bond motifs is 1. The van der Waals surface area contributed by atoms with Crippen LogP contribution in [-0.4, -0.2) is 35.5 Å². The molecule has 2 aromatic heterocycles. The van der Waals surface area contributed by atoms with Crippen LogP contribution in [0, 0.1) is 26.7 Å². The Bertz CT molecular complexity index is 1080. The Kier molecular flexibility index (Phi) is 5.95. The topological polar surface area (TPSA) is 71.3 Å². The summed E-state index contributed by atoms with van der Waals surface area (Å²) in [6, 6.07) is 7.75. The molecule has 0 spiro atoms. The number of halogens is 1. The van der Waals surface area contributed by atoms with Crippen molar-refractivity contribution in [2.75, 3.05) is 24.5 Å². The second-order valence-corrected chi connectivity index (χ2v) is 8.38. The van der Waals surface area contributed by atoms with Gasteiger partial charge in [-0.15, -0.1) is 0 Å². The predicted molar refractivity (Wildman–Crippen MR) is 119 cm³/mol. The van der Waals surface area contributed by atoms with Crippen molar-refractivity contribution in [1.29, 1.82) is 0 Å². The van der Waals surface area contributed by atoms with Crippen molar-refractivity contribution in [1.82, 2.24) is 15.3 Å². The molecule has 1 amide bonds. The van der Waals surface area contributed by atoms with Gasteiger partial charge in [-0.3, -0.25) is 4.79 Å². The molecule has 3 aromatic rings. The average molecular weight is 427 g/mol. The van der Waals surface area contributed by atoms with E-state index in [0.717, 1.165) is 58.9 Å². The Morgan fingerprint density at radius 1 is 1.27 bits per heavy atom. The van der Waals surface area contributed by atoms with Crippen molar-refractivity contribution in [3.05, 3.63) is 52.0 Å². The number of nitrogens with one attached hydrogen (secondary N) is 1. The number of carbonyl (C=O) groups excluding carboxylic acids is 1. The number of benzene rings is 1. The summed E-state index contributed by atoms with van der Waals surface area (Å²) in [6.45, 7) is 7.95. The molecule has 1 N–H and O–H groups in total. The van der Waals surface area contributed by atoms with Crippen molar-refractivity contribution in [2.24, 2.45) is 5.92 Å². The number of hydrogen-bond acceptors (Lipinski definition) is 5. The SMILES string of the molecule is Cc1nc(N2CCCC(C(=O)NCCc3ccccc3Cl)C2)c2c(C)c(C)oc2n1. The molecule has 0 radical (unpaired) electrons. The standard InChI is InChI=1S/C23H27ClN4O2/c1-14-15(2)30-23-20(14)21(26-16(3)27-23)28-12-6-8-18(13-28)22(29)25-11-10-17-7-4-5-9-19(17)24/h4-5,7,9,18H,6,8,10-13H2,1-3H3,(H,25,29). The third-order valence-corrected chi connectivity index (χ3v) is 6.23. The van der Waals surface area contributed by atoms with E-state index in [1.165, 1.54) is 0 Å². The third kappa shape index (κ3) is 4.15. The van der Waals surface area contributed by atoms with Gasteiger partial charge in [-0.2, -0.15) is 4.98 Å². The molecule has 0 saturated carbocycles. The van der Waals surface area contributed by atoms with Gasteiger partial charge in [0.25, 0.3) is 0 Å². The molecule has 3 heterocycles. The van der Waals surface area contributed by atoms with E-state index in [1.54, 1.807) is 0 Å². The van der Waals surface area contributed by atoms with Crippen LogP contribution in [-0.2, 0) is 11.2 Å². The first kappa shape index (κ1) is 20.7. The number of furan rings is 1. The number of piperidine rings is 1. The number of aryl methyl sites for hydroxylation is 3. The number of carbonyl (C=O) groups is 1. The highest BCUT2D eigenvalue weighted by Gasteiger charge is 2.29. The maximum atomic E-state index is 12.8. The van der Waals surface area contributed by atoms with Gasteiger partial charge in [0.05, 0.1) is 11.3 Å². The zero-order chi connectivity index (χ0) is 21.3. The molecule has 1 unspecified atom stereocenters. The normalized spacial score (nSPS) is 16.8. The van der Waals surface area contributed by atoms with E-state index in [9.17, 15) is 4.79 Å². The summed E-state index contributed by atoms with van der Waals surface area (Å²) in [5, 5.41) is 4.79. The summed E-state index contributed by atoms with van der Waals surface area (Å²) in [5.41, 5.74) is 2.74. The van der Waals surface area contributed by atoms with Crippen LogP contribution in [0.2, 0.25) is 5.02 Å². The fourth-order valence-corrected chi connectivity index (χ4v) is 4.34. The summed E-state index contributed by atoms with van der Waals surface area (Å²) < 4.78 is 5.82. The van der Waals surface area contributed by atoms with Crippen LogP contribution in [0.5, 0.6) is 0 Å². The Labute approximate surface area is 181 Å². The smallest absolute Gasteiger partial charge is 0.231 e. The average Bonchev–Trinajstić information content (AvgIpc) is 3.02. The number of hydrogen-bond donors (Lipinski definition) is 1. The summed E-state index contributed by atoms with van der Waals surface area (Å²) in [7, 11) is 0. The van der Waals surface area contributed by atoms with Gasteiger partial charge in [0.15, 0.2) is 0 Å². The highest BCUT2D eigenvalue weighted by molar-refractivity contribution is 6.31. The van der Waals surface area contributed by atoms with Gasteiger partial charge in [0, 0.05) is 30.2 Å². The van der Waals surface area contributed by atoms with Crippen molar-refractivity contribution < 1.29 is 9.21 Å². The molecule has 30 heavy (non-hydrogen) atoms. The lowest BCUT2D eigenvalue weighted by Crippen LogP contribution is -2.44. The first-order valence-corrected chi connectivity index (χ1v) is 10.8. The van der Waals surface area contributed by atoms with Crippen molar-refractivity contribution in [2.45, 2.75) is 40.0 Å². The highest BCUT2D eigenvalue weighted by Crippen LogP contribution is 2.33. The molecule has 1 aliphatic heterocycles. The highest BCUT2D eigenvalue weighted by atomic mass is 35.5. The lowest BCUT2D eigenvalue weighted by molar-refractivity contribution is -0.125. The van der Waals surface area contributed by atoms with E-state index >= 15 is 0 Å². The van der Waals surface area contributed by atoms with Crippen LogP contribution in [0.1, 0.15) is 35.6 Å². The summed E-state index contributed by atoms with van der Waals surface area (Å²) in [5.74, 6) is 2.44. The van der Waals surface area contributed by atoms with E-state index in [-0.39, 0.29) is 11.8 Å². The van der Waals surface area contributed by atoms with Gasteiger partial charge in [0.2, 0.25) is 11.6 Å². The molecule has 0 bridgehead atoms. The molecule has 1 saturated heterocycles. The Hall–Kier alpha value is -2.60. The number of rotatable bonds is 5. The number of amides is 1. The van der Waals surface area contributed by atoms with E-state index in [0.29, 0.717) is 24.6 Å². The van der Waals surface area contributed by atoms with Gasteiger partial charge < -0.3 is 14.6 Å². The van der Waals surface area contributed by atoms with Crippen LogP contribution >= 0.6 is 11.6 Å². The fraction of sp³-hybridized carbons (Fsp3) is 0.435. The van der Waals surface area contributed by atoms with E-state index in [4.69, 9.17) is 21.0 Å². The zero-order valence-electron chi connectivity index (χ0n) is 17.7. The molecule has 158 valence electrons. The number of anilines is 1. The van der Waals surface area contributed by atoms with E-state index in [2.05, 4.69) is 15.2 Å². The van der Waals surface area contributed by atoms with E-state index in [1.807, 2.05) is 45.0 Å². The second-order valence-electron chi connectivity index (χ2n) is 7.98. The summed E-state index contributed by atoms with van der Waals surface area (Å²) in [6.07, 6.45) is 2.55. The Morgan fingerprint density at radius 3 is 2.87 bits per heavy atom. The molecule has 1 aliphatic rings. The van der Waals surface area contributed by atoms with Crippen molar-refractivity contribution in [3.8, 4) is 0 Å². The summed E-state index contributed by atoms with van der Waals surface area (Å²) in [4.78, 5) is 24.2.